The first kappa shape index (κ1) is 18.7. The SMILES string of the molecule is CCC(Oc1ccccc1F)C(=O)NCCC(C)N.Cl. The first-order valence-corrected chi connectivity index (χ1v) is 6.49. The Balaban J connectivity index is 0.00000361. The maximum absolute atomic E-state index is 13.4. The van der Waals surface area contributed by atoms with E-state index in [0.29, 0.717) is 19.4 Å². The molecule has 1 amide bonds. The molecule has 0 saturated carbocycles. The van der Waals surface area contributed by atoms with Gasteiger partial charge in [0, 0.05) is 12.6 Å². The lowest BCUT2D eigenvalue weighted by Crippen LogP contribution is -2.39. The van der Waals surface area contributed by atoms with Gasteiger partial charge in [-0.3, -0.25) is 4.79 Å². The molecule has 3 N–H and O–H groups in total. The van der Waals surface area contributed by atoms with Crippen LogP contribution in [0.5, 0.6) is 5.75 Å². The molecule has 0 aliphatic heterocycles. The number of halogens is 2. The minimum Gasteiger partial charge on any atom is -0.478 e. The number of carbonyl (C=O) groups is 1. The van der Waals surface area contributed by atoms with Crippen molar-refractivity contribution < 1.29 is 13.9 Å². The molecule has 4 nitrogen and oxygen atoms in total. The van der Waals surface area contributed by atoms with Crippen LogP contribution in [0.25, 0.3) is 0 Å². The molecule has 0 aliphatic carbocycles. The van der Waals surface area contributed by atoms with E-state index < -0.39 is 11.9 Å². The maximum Gasteiger partial charge on any atom is 0.261 e. The maximum atomic E-state index is 13.4. The Morgan fingerprint density at radius 3 is 2.65 bits per heavy atom. The van der Waals surface area contributed by atoms with E-state index in [1.807, 2.05) is 13.8 Å². The number of amides is 1. The first-order chi connectivity index (χ1) is 9.04. The molecule has 0 radical (unpaired) electrons. The van der Waals surface area contributed by atoms with Crippen LogP contribution in [0.2, 0.25) is 0 Å². The predicted octanol–water partition coefficient (Wildman–Crippen LogP) is 2.26. The van der Waals surface area contributed by atoms with Gasteiger partial charge < -0.3 is 15.8 Å². The third kappa shape index (κ3) is 6.21. The van der Waals surface area contributed by atoms with Gasteiger partial charge in [-0.15, -0.1) is 12.4 Å². The van der Waals surface area contributed by atoms with E-state index in [4.69, 9.17) is 10.5 Å². The summed E-state index contributed by atoms with van der Waals surface area (Å²) in [6.45, 7) is 4.18. The van der Waals surface area contributed by atoms with Crippen LogP contribution in [0.3, 0.4) is 0 Å². The highest BCUT2D eigenvalue weighted by Crippen LogP contribution is 2.18. The molecule has 2 unspecified atom stereocenters. The summed E-state index contributed by atoms with van der Waals surface area (Å²) in [6.07, 6.45) is 0.477. The van der Waals surface area contributed by atoms with Crippen molar-refractivity contribution in [2.24, 2.45) is 5.73 Å². The normalized spacial score (nSPS) is 13.0. The third-order valence-electron chi connectivity index (χ3n) is 2.67. The quantitative estimate of drug-likeness (QED) is 0.812. The lowest BCUT2D eigenvalue weighted by atomic mass is 10.2. The minimum absolute atomic E-state index is 0. The summed E-state index contributed by atoms with van der Waals surface area (Å²) in [4.78, 5) is 11.9. The molecule has 0 aromatic heterocycles. The average molecular weight is 305 g/mol. The van der Waals surface area contributed by atoms with E-state index in [2.05, 4.69) is 5.32 Å². The van der Waals surface area contributed by atoms with Gasteiger partial charge in [-0.25, -0.2) is 4.39 Å². The van der Waals surface area contributed by atoms with Crippen LogP contribution in [0.1, 0.15) is 26.7 Å². The highest BCUT2D eigenvalue weighted by Gasteiger charge is 2.19. The summed E-state index contributed by atoms with van der Waals surface area (Å²) in [5.41, 5.74) is 5.60. The molecular weight excluding hydrogens is 283 g/mol. The monoisotopic (exact) mass is 304 g/mol. The van der Waals surface area contributed by atoms with Crippen molar-refractivity contribution in [3.8, 4) is 5.75 Å². The molecule has 0 bridgehead atoms. The summed E-state index contributed by atoms with van der Waals surface area (Å²) in [5, 5.41) is 2.74. The molecule has 2 atom stereocenters. The zero-order valence-corrected chi connectivity index (χ0v) is 12.6. The lowest BCUT2D eigenvalue weighted by Gasteiger charge is -2.18. The lowest BCUT2D eigenvalue weighted by molar-refractivity contribution is -0.128. The number of hydrogen-bond acceptors (Lipinski definition) is 3. The third-order valence-corrected chi connectivity index (χ3v) is 2.67. The molecule has 0 fully saturated rings. The van der Waals surface area contributed by atoms with Crippen LogP contribution >= 0.6 is 12.4 Å². The van der Waals surface area contributed by atoms with Crippen LogP contribution < -0.4 is 15.8 Å². The van der Waals surface area contributed by atoms with Gasteiger partial charge >= 0.3 is 0 Å². The summed E-state index contributed by atoms with van der Waals surface area (Å²) in [7, 11) is 0. The fourth-order valence-corrected chi connectivity index (χ4v) is 1.55. The summed E-state index contributed by atoms with van der Waals surface area (Å²) in [5.74, 6) is -0.618. The van der Waals surface area contributed by atoms with E-state index >= 15 is 0 Å². The van der Waals surface area contributed by atoms with Gasteiger partial charge in [-0.2, -0.15) is 0 Å². The number of benzene rings is 1. The largest absolute Gasteiger partial charge is 0.478 e. The van der Waals surface area contributed by atoms with E-state index in [1.54, 1.807) is 12.1 Å². The molecular formula is C14H22ClFN2O2. The molecule has 0 heterocycles. The second kappa shape index (κ2) is 9.55. The van der Waals surface area contributed by atoms with Crippen LogP contribution in [-0.4, -0.2) is 24.6 Å². The molecule has 1 rings (SSSR count). The molecule has 0 spiro atoms. The molecule has 1 aromatic rings. The van der Waals surface area contributed by atoms with Gasteiger partial charge in [-0.05, 0) is 31.9 Å². The van der Waals surface area contributed by atoms with Crippen LogP contribution in [0, 0.1) is 5.82 Å². The molecule has 6 heteroatoms. The Bertz CT molecular complexity index is 416. The van der Waals surface area contributed by atoms with Gasteiger partial charge in [0.15, 0.2) is 17.7 Å². The van der Waals surface area contributed by atoms with Crippen LogP contribution in [0.4, 0.5) is 4.39 Å². The highest BCUT2D eigenvalue weighted by atomic mass is 35.5. The fraction of sp³-hybridized carbons (Fsp3) is 0.500. The molecule has 0 saturated heterocycles. The van der Waals surface area contributed by atoms with Gasteiger partial charge in [0.2, 0.25) is 0 Å². The Morgan fingerprint density at radius 2 is 2.10 bits per heavy atom. The minimum atomic E-state index is -0.690. The molecule has 114 valence electrons. The van der Waals surface area contributed by atoms with Crippen molar-refractivity contribution in [2.75, 3.05) is 6.54 Å². The number of hydrogen-bond donors (Lipinski definition) is 2. The Morgan fingerprint density at radius 1 is 1.45 bits per heavy atom. The predicted molar refractivity (Wildman–Crippen MR) is 79.6 cm³/mol. The molecule has 20 heavy (non-hydrogen) atoms. The Kier molecular flexibility index (Phi) is 8.92. The van der Waals surface area contributed by atoms with Crippen molar-refractivity contribution in [3.05, 3.63) is 30.1 Å². The van der Waals surface area contributed by atoms with Crippen molar-refractivity contribution in [1.82, 2.24) is 5.32 Å². The second-order valence-electron chi connectivity index (χ2n) is 4.50. The number of nitrogens with one attached hydrogen (secondary N) is 1. The van der Waals surface area contributed by atoms with E-state index in [9.17, 15) is 9.18 Å². The van der Waals surface area contributed by atoms with Crippen molar-refractivity contribution >= 4 is 18.3 Å². The zero-order chi connectivity index (χ0) is 14.3. The Hall–Kier alpha value is -1.33. The van der Waals surface area contributed by atoms with Gasteiger partial charge in [-0.1, -0.05) is 19.1 Å². The van der Waals surface area contributed by atoms with Gasteiger partial charge in [0.25, 0.3) is 5.91 Å². The standard InChI is InChI=1S/C14H21FN2O2.ClH/c1-3-12(14(18)17-9-8-10(2)16)19-13-7-5-4-6-11(13)15;/h4-7,10,12H,3,8-9,16H2,1-2H3,(H,17,18);1H. The average Bonchev–Trinajstić information content (AvgIpc) is 2.37. The summed E-state index contributed by atoms with van der Waals surface area (Å²) in [6, 6.07) is 6.08. The topological polar surface area (TPSA) is 64.3 Å². The fourth-order valence-electron chi connectivity index (χ4n) is 1.55. The van der Waals surface area contributed by atoms with E-state index in [1.165, 1.54) is 12.1 Å². The van der Waals surface area contributed by atoms with Crippen molar-refractivity contribution in [2.45, 2.75) is 38.8 Å². The van der Waals surface area contributed by atoms with Crippen LogP contribution in [0.15, 0.2) is 24.3 Å². The van der Waals surface area contributed by atoms with Gasteiger partial charge in [0.1, 0.15) is 0 Å². The van der Waals surface area contributed by atoms with Crippen LogP contribution in [-0.2, 0) is 4.79 Å². The molecule has 0 aliphatic rings. The zero-order valence-electron chi connectivity index (χ0n) is 11.8. The smallest absolute Gasteiger partial charge is 0.261 e. The van der Waals surface area contributed by atoms with E-state index in [-0.39, 0.29) is 30.1 Å². The first-order valence-electron chi connectivity index (χ1n) is 6.49. The number of para-hydroxylation sites is 1. The summed E-state index contributed by atoms with van der Waals surface area (Å²) >= 11 is 0. The highest BCUT2D eigenvalue weighted by molar-refractivity contribution is 5.85. The number of rotatable bonds is 7. The number of carbonyl (C=O) groups excluding carboxylic acids is 1. The summed E-state index contributed by atoms with van der Waals surface area (Å²) < 4.78 is 18.8. The van der Waals surface area contributed by atoms with Gasteiger partial charge in [0.05, 0.1) is 0 Å². The number of ether oxygens (including phenoxy) is 1. The van der Waals surface area contributed by atoms with Crippen molar-refractivity contribution in [3.63, 3.8) is 0 Å². The van der Waals surface area contributed by atoms with E-state index in [0.717, 1.165) is 0 Å². The number of nitrogens with two attached hydrogens (primary N) is 1. The molecule has 1 aromatic carbocycles. The van der Waals surface area contributed by atoms with Crippen molar-refractivity contribution in [1.29, 1.82) is 0 Å². The Labute approximate surface area is 125 Å². The second-order valence-corrected chi connectivity index (χ2v) is 4.50.